The predicted molar refractivity (Wildman–Crippen MR) is 103 cm³/mol. The Kier molecular flexibility index (Phi) is 7.56. The van der Waals surface area contributed by atoms with Crippen molar-refractivity contribution in [2.75, 3.05) is 0 Å². The highest BCUT2D eigenvalue weighted by Crippen LogP contribution is 2.26. The van der Waals surface area contributed by atoms with Crippen LogP contribution in [0, 0.1) is 5.92 Å². The molecular formula is C19H20Cl4. The van der Waals surface area contributed by atoms with Crippen LogP contribution in [0.4, 0.5) is 0 Å². The molecule has 2 rings (SSSR count). The molecule has 0 nitrogen and oxygen atoms in total. The summed E-state index contributed by atoms with van der Waals surface area (Å²) in [7, 11) is 0. The van der Waals surface area contributed by atoms with Crippen molar-refractivity contribution in [2.24, 2.45) is 5.92 Å². The van der Waals surface area contributed by atoms with Crippen LogP contribution in [-0.4, -0.2) is 0 Å². The number of aryl methyl sites for hydroxylation is 2. The lowest BCUT2D eigenvalue weighted by Crippen LogP contribution is -1.99. The van der Waals surface area contributed by atoms with E-state index in [-0.39, 0.29) is 0 Å². The molecule has 2 aromatic rings. The highest BCUT2D eigenvalue weighted by atomic mass is 35.5. The van der Waals surface area contributed by atoms with Crippen molar-refractivity contribution in [3.63, 3.8) is 0 Å². The van der Waals surface area contributed by atoms with Gasteiger partial charge in [-0.15, -0.1) is 0 Å². The number of hydrogen-bond acceptors (Lipinski definition) is 0. The Balaban J connectivity index is 1.75. The van der Waals surface area contributed by atoms with E-state index in [1.54, 1.807) is 0 Å². The molecule has 0 aliphatic heterocycles. The van der Waals surface area contributed by atoms with E-state index in [1.807, 2.05) is 36.4 Å². The van der Waals surface area contributed by atoms with Crippen LogP contribution in [0.5, 0.6) is 0 Å². The van der Waals surface area contributed by atoms with Crippen molar-refractivity contribution in [3.05, 3.63) is 67.6 Å². The SMILES string of the molecule is CC(CCCc1cc(Cl)ccc1Cl)CCc1ccc(Cl)c(Cl)c1. The van der Waals surface area contributed by atoms with E-state index in [1.165, 1.54) is 12.0 Å². The maximum Gasteiger partial charge on any atom is 0.0595 e. The Bertz CT molecular complexity index is 652. The zero-order chi connectivity index (χ0) is 16.8. The highest BCUT2D eigenvalue weighted by molar-refractivity contribution is 6.42. The second-order valence-corrected chi connectivity index (χ2v) is 7.68. The predicted octanol–water partition coefficient (Wildman–Crippen LogP) is 7.89. The normalized spacial score (nSPS) is 12.4. The summed E-state index contributed by atoms with van der Waals surface area (Å²) in [6.45, 7) is 2.29. The molecule has 1 atom stereocenters. The van der Waals surface area contributed by atoms with Gasteiger partial charge in [0.25, 0.3) is 0 Å². The van der Waals surface area contributed by atoms with E-state index in [0.717, 1.165) is 41.3 Å². The monoisotopic (exact) mass is 388 g/mol. The van der Waals surface area contributed by atoms with Crippen molar-refractivity contribution in [3.8, 4) is 0 Å². The van der Waals surface area contributed by atoms with Crippen molar-refractivity contribution in [1.82, 2.24) is 0 Å². The molecule has 0 amide bonds. The summed E-state index contributed by atoms with van der Waals surface area (Å²) in [6.07, 6.45) is 5.42. The first kappa shape index (κ1) is 18.9. The molecule has 0 heterocycles. The van der Waals surface area contributed by atoms with E-state index in [4.69, 9.17) is 46.4 Å². The summed E-state index contributed by atoms with van der Waals surface area (Å²) in [5.41, 5.74) is 2.37. The second-order valence-electron chi connectivity index (χ2n) is 6.02. The van der Waals surface area contributed by atoms with Crippen LogP contribution in [0.15, 0.2) is 36.4 Å². The van der Waals surface area contributed by atoms with Gasteiger partial charge in [0.05, 0.1) is 10.0 Å². The zero-order valence-corrected chi connectivity index (χ0v) is 16.1. The number of benzene rings is 2. The summed E-state index contributed by atoms with van der Waals surface area (Å²) in [5, 5.41) is 2.80. The molecule has 0 radical (unpaired) electrons. The molecule has 4 heteroatoms. The molecule has 0 fully saturated rings. The minimum absolute atomic E-state index is 0.613. The van der Waals surface area contributed by atoms with Crippen molar-refractivity contribution >= 4 is 46.4 Å². The average Bonchev–Trinajstić information content (AvgIpc) is 2.52. The average molecular weight is 390 g/mol. The van der Waals surface area contributed by atoms with Crippen LogP contribution < -0.4 is 0 Å². The summed E-state index contributed by atoms with van der Waals surface area (Å²) in [6, 6.07) is 11.5. The molecule has 124 valence electrons. The summed E-state index contributed by atoms with van der Waals surface area (Å²) >= 11 is 24.2. The van der Waals surface area contributed by atoms with Gasteiger partial charge in [-0.1, -0.05) is 65.8 Å². The van der Waals surface area contributed by atoms with Gasteiger partial charge in [-0.25, -0.2) is 0 Å². The molecule has 0 aromatic heterocycles. The Morgan fingerprint density at radius 2 is 1.52 bits per heavy atom. The van der Waals surface area contributed by atoms with Crippen molar-refractivity contribution in [1.29, 1.82) is 0 Å². The molecule has 0 N–H and O–H groups in total. The summed E-state index contributed by atoms with van der Waals surface area (Å²) in [4.78, 5) is 0. The van der Waals surface area contributed by atoms with E-state index in [2.05, 4.69) is 6.92 Å². The van der Waals surface area contributed by atoms with E-state index in [9.17, 15) is 0 Å². The van der Waals surface area contributed by atoms with Crippen LogP contribution in [0.1, 0.15) is 37.3 Å². The van der Waals surface area contributed by atoms with Crippen LogP contribution in [-0.2, 0) is 12.8 Å². The Morgan fingerprint density at radius 3 is 2.26 bits per heavy atom. The fraction of sp³-hybridized carbons (Fsp3) is 0.368. The Hall–Kier alpha value is -0.400. The lowest BCUT2D eigenvalue weighted by molar-refractivity contribution is 0.475. The number of hydrogen-bond donors (Lipinski definition) is 0. The maximum absolute atomic E-state index is 6.20. The third-order valence-electron chi connectivity index (χ3n) is 4.06. The maximum atomic E-state index is 6.20. The van der Waals surface area contributed by atoms with Gasteiger partial charge in [0.2, 0.25) is 0 Å². The fourth-order valence-corrected chi connectivity index (χ4v) is 3.36. The van der Waals surface area contributed by atoms with Gasteiger partial charge in [0.15, 0.2) is 0 Å². The van der Waals surface area contributed by atoms with Gasteiger partial charge in [0.1, 0.15) is 0 Å². The lowest BCUT2D eigenvalue weighted by atomic mass is 9.95. The highest BCUT2D eigenvalue weighted by Gasteiger charge is 2.07. The van der Waals surface area contributed by atoms with Gasteiger partial charge in [-0.2, -0.15) is 0 Å². The Labute approximate surface area is 158 Å². The van der Waals surface area contributed by atoms with Gasteiger partial charge >= 0.3 is 0 Å². The molecule has 0 aliphatic carbocycles. The number of rotatable bonds is 7. The lowest BCUT2D eigenvalue weighted by Gasteiger charge is -2.12. The second kappa shape index (κ2) is 9.18. The molecule has 0 saturated carbocycles. The first-order valence-electron chi connectivity index (χ1n) is 7.83. The smallest absolute Gasteiger partial charge is 0.0595 e. The molecule has 23 heavy (non-hydrogen) atoms. The van der Waals surface area contributed by atoms with E-state index >= 15 is 0 Å². The number of halogens is 4. The molecular weight excluding hydrogens is 370 g/mol. The minimum atomic E-state index is 0.613. The van der Waals surface area contributed by atoms with Crippen LogP contribution in [0.2, 0.25) is 20.1 Å². The van der Waals surface area contributed by atoms with Crippen LogP contribution in [0.25, 0.3) is 0 Å². The summed E-state index contributed by atoms with van der Waals surface area (Å²) in [5.74, 6) is 0.655. The summed E-state index contributed by atoms with van der Waals surface area (Å²) < 4.78 is 0. The first-order valence-corrected chi connectivity index (χ1v) is 9.34. The van der Waals surface area contributed by atoms with E-state index < -0.39 is 0 Å². The quantitative estimate of drug-likeness (QED) is 0.451. The molecule has 1 unspecified atom stereocenters. The molecule has 0 spiro atoms. The largest absolute Gasteiger partial charge is 0.0843 e. The van der Waals surface area contributed by atoms with Gasteiger partial charge < -0.3 is 0 Å². The van der Waals surface area contributed by atoms with Gasteiger partial charge in [-0.3, -0.25) is 0 Å². The fourth-order valence-electron chi connectivity index (χ4n) is 2.63. The Morgan fingerprint density at radius 1 is 0.783 bits per heavy atom. The topological polar surface area (TPSA) is 0 Å². The molecule has 0 saturated heterocycles. The zero-order valence-electron chi connectivity index (χ0n) is 13.1. The van der Waals surface area contributed by atoms with E-state index in [0.29, 0.717) is 16.0 Å². The third-order valence-corrected chi connectivity index (χ3v) is 5.40. The van der Waals surface area contributed by atoms with Gasteiger partial charge in [0, 0.05) is 10.0 Å². The van der Waals surface area contributed by atoms with Crippen molar-refractivity contribution in [2.45, 2.75) is 39.0 Å². The van der Waals surface area contributed by atoms with Gasteiger partial charge in [-0.05, 0) is 73.1 Å². The van der Waals surface area contributed by atoms with Crippen LogP contribution in [0.3, 0.4) is 0 Å². The van der Waals surface area contributed by atoms with Crippen molar-refractivity contribution < 1.29 is 0 Å². The first-order chi connectivity index (χ1) is 11.0. The molecule has 0 aliphatic rings. The minimum Gasteiger partial charge on any atom is -0.0843 e. The third kappa shape index (κ3) is 6.19. The van der Waals surface area contributed by atoms with Crippen LogP contribution >= 0.6 is 46.4 Å². The molecule has 0 bridgehead atoms. The molecule has 2 aromatic carbocycles. The standard InChI is InChI=1S/C19H20Cl4/c1-13(5-6-14-7-9-18(22)19(23)11-14)3-2-4-15-12-16(20)8-10-17(15)21/h7-13H,2-6H2,1H3.